The van der Waals surface area contributed by atoms with E-state index in [-0.39, 0.29) is 5.17 Å². The van der Waals surface area contributed by atoms with Crippen LogP contribution in [0.4, 0.5) is 0 Å². The second-order valence-electron chi connectivity index (χ2n) is 2.10. The summed E-state index contributed by atoms with van der Waals surface area (Å²) in [6, 6.07) is 7.01. The molecular formula is C8H9NO2S. The predicted octanol–water partition coefficient (Wildman–Crippen LogP) is 1.32. The smallest absolute Gasteiger partial charge is 0.259 e. The zero-order valence-corrected chi connectivity index (χ0v) is 7.43. The van der Waals surface area contributed by atoms with Crippen LogP contribution in [0.5, 0.6) is 11.5 Å². The molecule has 0 unspecified atom stereocenters. The van der Waals surface area contributed by atoms with Gasteiger partial charge in [-0.25, -0.2) is 0 Å². The average molecular weight is 183 g/mol. The molecule has 0 atom stereocenters. The van der Waals surface area contributed by atoms with Gasteiger partial charge in [0, 0.05) is 0 Å². The summed E-state index contributed by atoms with van der Waals surface area (Å²) in [5, 5.41) is 0.0140. The van der Waals surface area contributed by atoms with Crippen molar-refractivity contribution in [3.05, 3.63) is 24.3 Å². The molecule has 1 aromatic rings. The summed E-state index contributed by atoms with van der Waals surface area (Å²) in [6.07, 6.45) is 0. The zero-order valence-electron chi connectivity index (χ0n) is 6.61. The number of hydrogen-bond donors (Lipinski definition) is 1. The van der Waals surface area contributed by atoms with Crippen LogP contribution in [0.15, 0.2) is 24.3 Å². The Kier molecular flexibility index (Phi) is 2.88. The van der Waals surface area contributed by atoms with Gasteiger partial charge in [0.25, 0.3) is 5.17 Å². The first kappa shape index (κ1) is 8.80. The van der Waals surface area contributed by atoms with E-state index >= 15 is 0 Å². The van der Waals surface area contributed by atoms with Gasteiger partial charge in [-0.2, -0.15) is 0 Å². The highest BCUT2D eigenvalue weighted by molar-refractivity contribution is 7.80. The van der Waals surface area contributed by atoms with Crippen LogP contribution in [0, 0.1) is 0 Å². The summed E-state index contributed by atoms with van der Waals surface area (Å²) in [6.45, 7) is 0. The number of rotatable bonds is 2. The second-order valence-corrected chi connectivity index (χ2v) is 2.50. The maximum Gasteiger partial charge on any atom is 0.259 e. The molecule has 0 aliphatic rings. The van der Waals surface area contributed by atoms with E-state index in [0.717, 1.165) is 5.75 Å². The molecule has 0 spiro atoms. The van der Waals surface area contributed by atoms with E-state index in [0.29, 0.717) is 5.75 Å². The third kappa shape index (κ3) is 2.39. The van der Waals surface area contributed by atoms with Crippen molar-refractivity contribution < 1.29 is 9.47 Å². The summed E-state index contributed by atoms with van der Waals surface area (Å²) < 4.78 is 9.92. The summed E-state index contributed by atoms with van der Waals surface area (Å²) in [5.41, 5.74) is 5.17. The van der Waals surface area contributed by atoms with Gasteiger partial charge in [-0.3, -0.25) is 0 Å². The molecule has 0 fully saturated rings. The Labute approximate surface area is 76.1 Å². The van der Waals surface area contributed by atoms with Crippen LogP contribution in [-0.2, 0) is 0 Å². The number of ether oxygens (including phenoxy) is 2. The number of nitrogens with two attached hydrogens (primary N) is 1. The molecule has 0 radical (unpaired) electrons. The fourth-order valence-electron chi connectivity index (χ4n) is 0.760. The zero-order chi connectivity index (χ0) is 8.97. The van der Waals surface area contributed by atoms with E-state index in [4.69, 9.17) is 15.2 Å². The van der Waals surface area contributed by atoms with Crippen molar-refractivity contribution in [1.82, 2.24) is 0 Å². The molecule has 0 saturated carbocycles. The van der Waals surface area contributed by atoms with Crippen molar-refractivity contribution in [3.63, 3.8) is 0 Å². The normalized spacial score (nSPS) is 9.08. The Bertz CT molecular complexity index is 271. The summed E-state index contributed by atoms with van der Waals surface area (Å²) in [7, 11) is 1.60. The topological polar surface area (TPSA) is 44.5 Å². The van der Waals surface area contributed by atoms with E-state index in [2.05, 4.69) is 12.2 Å². The highest BCUT2D eigenvalue weighted by atomic mass is 32.1. The molecule has 1 rings (SSSR count). The number of methoxy groups -OCH3 is 1. The van der Waals surface area contributed by atoms with Crippen molar-refractivity contribution >= 4 is 17.4 Å². The number of benzene rings is 1. The maximum absolute atomic E-state index is 5.17. The number of hydrogen-bond acceptors (Lipinski definition) is 3. The standard InChI is InChI=1S/C8H9NO2S/c1-10-6-2-4-7(5-3-6)11-8(9)12/h2-5H,1H3,(H2,9,12). The van der Waals surface area contributed by atoms with Gasteiger partial charge in [0.05, 0.1) is 7.11 Å². The van der Waals surface area contributed by atoms with E-state index in [9.17, 15) is 0 Å². The predicted molar refractivity (Wildman–Crippen MR) is 50.4 cm³/mol. The van der Waals surface area contributed by atoms with E-state index in [1.165, 1.54) is 0 Å². The lowest BCUT2D eigenvalue weighted by Gasteiger charge is -2.03. The van der Waals surface area contributed by atoms with Gasteiger partial charge in [-0.05, 0) is 36.5 Å². The Balaban J connectivity index is 2.71. The molecule has 4 heteroatoms. The highest BCUT2D eigenvalue weighted by Gasteiger charge is 1.95. The van der Waals surface area contributed by atoms with Gasteiger partial charge in [0.1, 0.15) is 11.5 Å². The Morgan fingerprint density at radius 1 is 1.25 bits per heavy atom. The summed E-state index contributed by atoms with van der Waals surface area (Å²) in [4.78, 5) is 0. The lowest BCUT2D eigenvalue weighted by atomic mass is 10.3. The Morgan fingerprint density at radius 3 is 2.17 bits per heavy atom. The minimum atomic E-state index is 0.0140. The largest absolute Gasteiger partial charge is 0.497 e. The van der Waals surface area contributed by atoms with Crippen LogP contribution < -0.4 is 15.2 Å². The van der Waals surface area contributed by atoms with Crippen LogP contribution in [-0.4, -0.2) is 12.3 Å². The quantitative estimate of drug-likeness (QED) is 0.702. The molecule has 12 heavy (non-hydrogen) atoms. The first-order valence-corrected chi connectivity index (χ1v) is 3.74. The van der Waals surface area contributed by atoms with E-state index in [1.54, 1.807) is 31.4 Å². The molecule has 2 N–H and O–H groups in total. The van der Waals surface area contributed by atoms with Crippen LogP contribution in [0.25, 0.3) is 0 Å². The van der Waals surface area contributed by atoms with Gasteiger partial charge in [-0.15, -0.1) is 0 Å². The molecule has 0 aliphatic carbocycles. The highest BCUT2D eigenvalue weighted by Crippen LogP contribution is 2.16. The second kappa shape index (κ2) is 3.92. The molecule has 0 bridgehead atoms. The minimum absolute atomic E-state index is 0.0140. The molecule has 0 saturated heterocycles. The first-order chi connectivity index (χ1) is 5.72. The fourth-order valence-corrected chi connectivity index (χ4v) is 0.856. The molecule has 0 amide bonds. The molecule has 0 heterocycles. The number of thiocarbonyl (C=S) groups is 1. The van der Waals surface area contributed by atoms with Crippen LogP contribution >= 0.6 is 12.2 Å². The Morgan fingerprint density at radius 2 is 1.75 bits per heavy atom. The molecule has 3 nitrogen and oxygen atoms in total. The minimum Gasteiger partial charge on any atom is -0.497 e. The molecular weight excluding hydrogens is 174 g/mol. The van der Waals surface area contributed by atoms with Gasteiger partial charge in [0.15, 0.2) is 0 Å². The average Bonchev–Trinajstić information content (AvgIpc) is 2.05. The monoisotopic (exact) mass is 183 g/mol. The first-order valence-electron chi connectivity index (χ1n) is 3.33. The van der Waals surface area contributed by atoms with E-state index < -0.39 is 0 Å². The van der Waals surface area contributed by atoms with Gasteiger partial charge < -0.3 is 15.2 Å². The molecule has 1 aromatic carbocycles. The fraction of sp³-hybridized carbons (Fsp3) is 0.125. The van der Waals surface area contributed by atoms with E-state index in [1.807, 2.05) is 0 Å². The van der Waals surface area contributed by atoms with Crippen LogP contribution in [0.3, 0.4) is 0 Å². The van der Waals surface area contributed by atoms with Gasteiger partial charge >= 0.3 is 0 Å². The van der Waals surface area contributed by atoms with Gasteiger partial charge in [0.2, 0.25) is 0 Å². The lowest BCUT2D eigenvalue weighted by molar-refractivity contribution is 0.414. The van der Waals surface area contributed by atoms with Crippen LogP contribution in [0.1, 0.15) is 0 Å². The van der Waals surface area contributed by atoms with Crippen molar-refractivity contribution in [2.75, 3.05) is 7.11 Å². The van der Waals surface area contributed by atoms with Crippen molar-refractivity contribution in [1.29, 1.82) is 0 Å². The molecule has 64 valence electrons. The lowest BCUT2D eigenvalue weighted by Crippen LogP contribution is -2.15. The maximum atomic E-state index is 5.17. The van der Waals surface area contributed by atoms with Crippen molar-refractivity contribution in [2.24, 2.45) is 5.73 Å². The summed E-state index contributed by atoms with van der Waals surface area (Å²) in [5.74, 6) is 1.38. The third-order valence-electron chi connectivity index (χ3n) is 1.28. The van der Waals surface area contributed by atoms with Gasteiger partial charge in [-0.1, -0.05) is 0 Å². The molecule has 0 aliphatic heterocycles. The van der Waals surface area contributed by atoms with Crippen molar-refractivity contribution in [2.45, 2.75) is 0 Å². The van der Waals surface area contributed by atoms with Crippen LogP contribution in [0.2, 0.25) is 0 Å². The third-order valence-corrected chi connectivity index (χ3v) is 1.36. The van der Waals surface area contributed by atoms with Crippen molar-refractivity contribution in [3.8, 4) is 11.5 Å². The SMILES string of the molecule is COc1ccc(OC(N)=S)cc1. The Hall–Kier alpha value is -1.29. The molecule has 0 aromatic heterocycles. The summed E-state index contributed by atoms with van der Waals surface area (Å²) >= 11 is 4.56.